The van der Waals surface area contributed by atoms with E-state index in [2.05, 4.69) is 56.1 Å². The first kappa shape index (κ1) is 24.4. The minimum absolute atomic E-state index is 0.0485. The Morgan fingerprint density at radius 2 is 1.75 bits per heavy atom. The first-order valence-corrected chi connectivity index (χ1v) is 12.1. The molecule has 1 aliphatic heterocycles. The average molecular weight is 458 g/mol. The number of carbonyl (C=O) groups excluding carboxylic acids is 2. The quantitative estimate of drug-likeness (QED) is 0.562. The van der Waals surface area contributed by atoms with Crippen molar-refractivity contribution in [3.63, 3.8) is 0 Å². The van der Waals surface area contributed by atoms with Crippen LogP contribution in [-0.2, 0) is 16.1 Å². The lowest BCUT2D eigenvalue weighted by Crippen LogP contribution is -2.53. The number of piperazine rings is 1. The molecule has 1 aromatic carbocycles. The van der Waals surface area contributed by atoms with Crippen molar-refractivity contribution in [2.24, 2.45) is 0 Å². The maximum absolute atomic E-state index is 12.5. The minimum Gasteiger partial charge on any atom is -0.347 e. The molecule has 32 heavy (non-hydrogen) atoms. The fourth-order valence-corrected chi connectivity index (χ4v) is 5.03. The summed E-state index contributed by atoms with van der Waals surface area (Å²) in [6, 6.07) is 14.6. The summed E-state index contributed by atoms with van der Waals surface area (Å²) in [7, 11) is 3.86. The molecule has 8 heteroatoms. The molecule has 2 atom stereocenters. The summed E-state index contributed by atoms with van der Waals surface area (Å²) in [6.45, 7) is 7.88. The van der Waals surface area contributed by atoms with Crippen LogP contribution in [-0.4, -0.2) is 85.9 Å². The monoisotopic (exact) mass is 457 g/mol. The van der Waals surface area contributed by atoms with Crippen LogP contribution in [0.3, 0.4) is 0 Å². The minimum atomic E-state index is -0.573. The zero-order valence-corrected chi connectivity index (χ0v) is 20.1. The number of hydrogen-bond donors (Lipinski definition) is 2. The van der Waals surface area contributed by atoms with E-state index in [-0.39, 0.29) is 12.1 Å². The Hall–Kier alpha value is -2.26. The van der Waals surface area contributed by atoms with Crippen molar-refractivity contribution in [3.05, 3.63) is 58.3 Å². The van der Waals surface area contributed by atoms with Gasteiger partial charge in [-0.25, -0.2) is 0 Å². The zero-order valence-electron chi connectivity index (χ0n) is 19.3. The molecule has 0 aliphatic carbocycles. The number of amides is 2. The molecular formula is C24H35N5O2S. The van der Waals surface area contributed by atoms with Gasteiger partial charge >= 0.3 is 11.8 Å². The Balaban J connectivity index is 1.57. The summed E-state index contributed by atoms with van der Waals surface area (Å²) < 4.78 is 0. The fourth-order valence-electron chi connectivity index (χ4n) is 4.07. The molecule has 2 aromatic rings. The van der Waals surface area contributed by atoms with Crippen LogP contribution in [0.2, 0.25) is 0 Å². The number of carbonyl (C=O) groups is 2. The van der Waals surface area contributed by atoms with E-state index >= 15 is 0 Å². The molecular weight excluding hydrogens is 422 g/mol. The molecule has 2 heterocycles. The van der Waals surface area contributed by atoms with Gasteiger partial charge in [0.15, 0.2) is 0 Å². The number of nitrogens with zero attached hydrogens (tertiary/aromatic N) is 3. The second-order valence-electron chi connectivity index (χ2n) is 8.58. The number of rotatable bonds is 9. The Morgan fingerprint density at radius 1 is 1.03 bits per heavy atom. The molecule has 174 valence electrons. The lowest BCUT2D eigenvalue weighted by molar-refractivity contribution is -0.139. The van der Waals surface area contributed by atoms with Crippen molar-refractivity contribution in [3.8, 4) is 0 Å². The van der Waals surface area contributed by atoms with Gasteiger partial charge in [0, 0.05) is 56.7 Å². The number of nitrogens with one attached hydrogen (secondary N) is 2. The van der Waals surface area contributed by atoms with Gasteiger partial charge in [-0.3, -0.25) is 19.4 Å². The smallest absolute Gasteiger partial charge is 0.309 e. The molecule has 1 fully saturated rings. The van der Waals surface area contributed by atoms with Crippen molar-refractivity contribution < 1.29 is 9.59 Å². The zero-order chi connectivity index (χ0) is 22.9. The Labute approximate surface area is 195 Å². The van der Waals surface area contributed by atoms with E-state index in [1.807, 2.05) is 38.1 Å². The molecule has 2 N–H and O–H groups in total. The SMILES string of the molecule is C[C@@H](NC(=O)C(=O)NCCN(C)C)[C@@H](c1cccs1)N1CCN(Cc2ccccc2)CC1. The van der Waals surface area contributed by atoms with Gasteiger partial charge in [0.25, 0.3) is 0 Å². The average Bonchev–Trinajstić information content (AvgIpc) is 3.29. The third kappa shape index (κ3) is 7.13. The van der Waals surface area contributed by atoms with Crippen LogP contribution in [0.1, 0.15) is 23.4 Å². The molecule has 0 saturated carbocycles. The highest BCUT2D eigenvalue weighted by atomic mass is 32.1. The molecule has 0 bridgehead atoms. The lowest BCUT2D eigenvalue weighted by atomic mass is 10.0. The first-order valence-electron chi connectivity index (χ1n) is 11.2. The van der Waals surface area contributed by atoms with Gasteiger partial charge in [-0.05, 0) is 38.0 Å². The molecule has 0 unspecified atom stereocenters. The standard InChI is InChI=1S/C24H35N5O2S/c1-19(26-24(31)23(30)25-11-12-27(2)3)22(21-10-7-17-32-21)29-15-13-28(14-16-29)18-20-8-5-4-6-9-20/h4-10,17,19,22H,11-16,18H2,1-3H3,(H,25,30)(H,26,31)/t19-,22+/m1/s1. The van der Waals surface area contributed by atoms with E-state index in [9.17, 15) is 9.59 Å². The summed E-state index contributed by atoms with van der Waals surface area (Å²) in [5.41, 5.74) is 1.33. The predicted molar refractivity (Wildman–Crippen MR) is 130 cm³/mol. The maximum atomic E-state index is 12.5. The van der Waals surface area contributed by atoms with Crippen LogP contribution in [0.5, 0.6) is 0 Å². The summed E-state index contributed by atoms with van der Waals surface area (Å²) in [6.07, 6.45) is 0. The van der Waals surface area contributed by atoms with Crippen LogP contribution in [0, 0.1) is 0 Å². The predicted octanol–water partition coefficient (Wildman–Crippen LogP) is 1.79. The van der Waals surface area contributed by atoms with Gasteiger partial charge in [0.1, 0.15) is 0 Å². The molecule has 1 aliphatic rings. The number of thiophene rings is 1. The summed E-state index contributed by atoms with van der Waals surface area (Å²) in [5, 5.41) is 7.70. The topological polar surface area (TPSA) is 67.9 Å². The van der Waals surface area contributed by atoms with Crippen molar-refractivity contribution >= 4 is 23.2 Å². The van der Waals surface area contributed by atoms with Gasteiger partial charge in [-0.2, -0.15) is 0 Å². The van der Waals surface area contributed by atoms with Crippen LogP contribution in [0.4, 0.5) is 0 Å². The highest BCUT2D eigenvalue weighted by Crippen LogP contribution is 2.29. The molecule has 1 saturated heterocycles. The van der Waals surface area contributed by atoms with E-state index in [1.165, 1.54) is 10.4 Å². The largest absolute Gasteiger partial charge is 0.347 e. The van der Waals surface area contributed by atoms with Crippen LogP contribution in [0.15, 0.2) is 47.8 Å². The third-order valence-corrected chi connectivity index (χ3v) is 6.71. The number of likely N-dealkylation sites (N-methyl/N-ethyl adjacent to an activating group) is 1. The number of hydrogen-bond acceptors (Lipinski definition) is 6. The van der Waals surface area contributed by atoms with E-state index in [1.54, 1.807) is 11.3 Å². The maximum Gasteiger partial charge on any atom is 0.309 e. The summed E-state index contributed by atoms with van der Waals surface area (Å²) >= 11 is 1.70. The van der Waals surface area contributed by atoms with E-state index in [0.717, 1.165) is 32.7 Å². The molecule has 2 amide bonds. The molecule has 7 nitrogen and oxygen atoms in total. The summed E-state index contributed by atoms with van der Waals surface area (Å²) in [4.78, 5) is 32.8. The lowest BCUT2D eigenvalue weighted by Gasteiger charge is -2.41. The normalized spacial score (nSPS) is 17.1. The van der Waals surface area contributed by atoms with Crippen molar-refractivity contribution in [2.75, 3.05) is 53.4 Å². The molecule has 1 aromatic heterocycles. The second-order valence-corrected chi connectivity index (χ2v) is 9.56. The van der Waals surface area contributed by atoms with Crippen LogP contribution < -0.4 is 10.6 Å². The molecule has 3 rings (SSSR count). The van der Waals surface area contributed by atoms with E-state index in [4.69, 9.17) is 0 Å². The summed E-state index contributed by atoms with van der Waals surface area (Å²) in [5.74, 6) is -1.14. The van der Waals surface area contributed by atoms with Gasteiger partial charge in [0.2, 0.25) is 0 Å². The van der Waals surface area contributed by atoms with Crippen molar-refractivity contribution in [1.82, 2.24) is 25.3 Å². The van der Waals surface area contributed by atoms with E-state index < -0.39 is 11.8 Å². The van der Waals surface area contributed by atoms with Gasteiger partial charge < -0.3 is 15.5 Å². The van der Waals surface area contributed by atoms with Gasteiger partial charge in [0.05, 0.1) is 6.04 Å². The third-order valence-electron chi connectivity index (χ3n) is 5.77. The van der Waals surface area contributed by atoms with Crippen LogP contribution >= 0.6 is 11.3 Å². The Kier molecular flexibility index (Phi) is 9.23. The molecule has 0 spiro atoms. The van der Waals surface area contributed by atoms with Gasteiger partial charge in [-0.1, -0.05) is 36.4 Å². The van der Waals surface area contributed by atoms with Crippen LogP contribution in [0.25, 0.3) is 0 Å². The highest BCUT2D eigenvalue weighted by molar-refractivity contribution is 7.10. The van der Waals surface area contributed by atoms with E-state index in [0.29, 0.717) is 13.1 Å². The van der Waals surface area contributed by atoms with Gasteiger partial charge in [-0.15, -0.1) is 11.3 Å². The fraction of sp³-hybridized carbons (Fsp3) is 0.500. The Morgan fingerprint density at radius 3 is 2.38 bits per heavy atom. The highest BCUT2D eigenvalue weighted by Gasteiger charge is 2.31. The Bertz CT molecular complexity index is 835. The second kappa shape index (κ2) is 12.1. The first-order chi connectivity index (χ1) is 15.4. The van der Waals surface area contributed by atoms with Crippen molar-refractivity contribution in [2.45, 2.75) is 25.6 Å². The number of benzene rings is 1. The molecule has 0 radical (unpaired) electrons. The van der Waals surface area contributed by atoms with Crippen molar-refractivity contribution in [1.29, 1.82) is 0 Å².